The van der Waals surface area contributed by atoms with E-state index < -0.39 is 0 Å². The minimum Gasteiger partial charge on any atom is -0.496 e. The van der Waals surface area contributed by atoms with Gasteiger partial charge >= 0.3 is 0 Å². The first-order valence-electron chi connectivity index (χ1n) is 8.12. The zero-order valence-corrected chi connectivity index (χ0v) is 15.9. The summed E-state index contributed by atoms with van der Waals surface area (Å²) in [4.78, 5) is 17.6. The van der Waals surface area contributed by atoms with Gasteiger partial charge in [-0.25, -0.2) is 0 Å². The van der Waals surface area contributed by atoms with Crippen molar-refractivity contribution in [2.75, 3.05) is 7.11 Å². The lowest BCUT2D eigenvalue weighted by Gasteiger charge is -2.02. The van der Waals surface area contributed by atoms with E-state index in [1.807, 2.05) is 48.6 Å². The average molecular weight is 396 g/mol. The van der Waals surface area contributed by atoms with E-state index >= 15 is 0 Å². The van der Waals surface area contributed by atoms with E-state index in [9.17, 15) is 4.79 Å². The summed E-state index contributed by atoms with van der Waals surface area (Å²) in [6, 6.07) is 14.9. The number of thiazole rings is 1. The Morgan fingerprint density at radius 2 is 1.93 bits per heavy atom. The predicted molar refractivity (Wildman–Crippen MR) is 109 cm³/mol. The fourth-order valence-corrected chi connectivity index (χ4v) is 3.60. The van der Waals surface area contributed by atoms with Crippen LogP contribution in [0.1, 0.15) is 5.56 Å². The first kappa shape index (κ1) is 17.5. The van der Waals surface area contributed by atoms with Crippen molar-refractivity contribution in [3.63, 3.8) is 0 Å². The fraction of sp³-hybridized carbons (Fsp3) is 0.0500. The lowest BCUT2D eigenvalue weighted by Crippen LogP contribution is -2.23. The van der Waals surface area contributed by atoms with Gasteiger partial charge in [0.25, 0.3) is 5.56 Å². The zero-order valence-electron chi connectivity index (χ0n) is 14.3. The molecule has 2 aromatic carbocycles. The van der Waals surface area contributed by atoms with Gasteiger partial charge in [-0.1, -0.05) is 53.3 Å². The van der Waals surface area contributed by atoms with Gasteiger partial charge in [0.2, 0.25) is 4.96 Å². The second kappa shape index (κ2) is 7.34. The molecule has 4 rings (SSSR count). The molecule has 0 spiro atoms. The van der Waals surface area contributed by atoms with E-state index in [-0.39, 0.29) is 5.56 Å². The Kier molecular flexibility index (Phi) is 4.75. The van der Waals surface area contributed by atoms with Crippen LogP contribution < -0.4 is 14.8 Å². The van der Waals surface area contributed by atoms with Gasteiger partial charge in [-0.3, -0.25) is 4.79 Å². The smallest absolute Gasteiger partial charge is 0.291 e. The van der Waals surface area contributed by atoms with Crippen molar-refractivity contribution in [1.29, 1.82) is 0 Å². The Hall–Kier alpha value is -2.96. The molecule has 0 saturated heterocycles. The van der Waals surface area contributed by atoms with Gasteiger partial charge in [0.05, 0.1) is 11.6 Å². The monoisotopic (exact) mass is 395 g/mol. The number of nitrogens with zero attached hydrogens (tertiary/aromatic N) is 3. The number of methoxy groups -OCH3 is 1. The summed E-state index contributed by atoms with van der Waals surface area (Å²) in [5.74, 6) is 1.28. The number of fused-ring (bicyclic) bond motifs is 1. The summed E-state index contributed by atoms with van der Waals surface area (Å²) >= 11 is 7.20. The molecule has 0 amide bonds. The number of benzene rings is 2. The molecule has 0 aliphatic carbocycles. The number of aromatic nitrogens is 3. The van der Waals surface area contributed by atoms with Gasteiger partial charge in [0, 0.05) is 16.1 Å². The molecule has 0 aliphatic rings. The third-order valence-electron chi connectivity index (χ3n) is 3.95. The molecule has 27 heavy (non-hydrogen) atoms. The molecular weight excluding hydrogens is 382 g/mol. The van der Waals surface area contributed by atoms with Gasteiger partial charge < -0.3 is 4.74 Å². The van der Waals surface area contributed by atoms with Crippen LogP contribution >= 0.6 is 22.9 Å². The third kappa shape index (κ3) is 3.49. The molecule has 2 heterocycles. The molecule has 7 heteroatoms. The summed E-state index contributed by atoms with van der Waals surface area (Å²) < 4.78 is 7.21. The SMILES string of the molecule is COc1ccccc1C=CC=c1sc2nc(-c3ccc(Cl)cc3)nn2c1=O. The van der Waals surface area contributed by atoms with E-state index in [2.05, 4.69) is 10.1 Å². The minimum atomic E-state index is -0.188. The summed E-state index contributed by atoms with van der Waals surface area (Å²) in [5.41, 5.74) is 1.57. The molecule has 0 aliphatic heterocycles. The summed E-state index contributed by atoms with van der Waals surface area (Å²) in [6.45, 7) is 0. The van der Waals surface area contributed by atoms with Crippen LogP contribution in [-0.4, -0.2) is 21.7 Å². The number of hydrogen-bond donors (Lipinski definition) is 0. The highest BCUT2D eigenvalue weighted by molar-refractivity contribution is 7.15. The number of allylic oxidation sites excluding steroid dienone is 1. The van der Waals surface area contributed by atoms with Crippen molar-refractivity contribution in [3.05, 3.63) is 80.1 Å². The number of para-hydroxylation sites is 1. The summed E-state index contributed by atoms with van der Waals surface area (Å²) in [7, 11) is 1.63. The van der Waals surface area contributed by atoms with Crippen molar-refractivity contribution in [2.24, 2.45) is 0 Å². The number of ether oxygens (including phenoxy) is 1. The molecule has 0 saturated carbocycles. The predicted octanol–water partition coefficient (Wildman–Crippen LogP) is 3.69. The van der Waals surface area contributed by atoms with Crippen molar-refractivity contribution < 1.29 is 4.74 Å². The Morgan fingerprint density at radius 1 is 1.15 bits per heavy atom. The Labute approximate surface area is 163 Å². The molecule has 0 N–H and O–H groups in total. The minimum absolute atomic E-state index is 0.188. The number of rotatable bonds is 4. The first-order chi connectivity index (χ1) is 13.2. The third-order valence-corrected chi connectivity index (χ3v) is 5.18. The Bertz CT molecular complexity index is 1240. The van der Waals surface area contributed by atoms with Gasteiger partial charge in [-0.05, 0) is 36.4 Å². The number of halogens is 1. The highest BCUT2D eigenvalue weighted by Crippen LogP contribution is 2.20. The van der Waals surface area contributed by atoms with Crippen LogP contribution in [0.5, 0.6) is 5.75 Å². The van der Waals surface area contributed by atoms with Crippen LogP contribution in [0, 0.1) is 0 Å². The maximum Gasteiger partial charge on any atom is 0.291 e. The average Bonchev–Trinajstić information content (AvgIpc) is 3.22. The molecule has 4 aromatic rings. The van der Waals surface area contributed by atoms with Gasteiger partial charge in [0.1, 0.15) is 5.75 Å². The molecule has 0 atom stereocenters. The molecule has 0 fully saturated rings. The van der Waals surface area contributed by atoms with Crippen molar-refractivity contribution >= 4 is 40.1 Å². The number of hydrogen-bond acceptors (Lipinski definition) is 5. The maximum absolute atomic E-state index is 12.6. The highest BCUT2D eigenvalue weighted by Gasteiger charge is 2.11. The quantitative estimate of drug-likeness (QED) is 0.528. The van der Waals surface area contributed by atoms with Crippen LogP contribution in [-0.2, 0) is 0 Å². The second-order valence-corrected chi connectivity index (χ2v) is 7.12. The first-order valence-corrected chi connectivity index (χ1v) is 9.32. The molecule has 134 valence electrons. The van der Waals surface area contributed by atoms with Crippen molar-refractivity contribution in [1.82, 2.24) is 14.6 Å². The zero-order chi connectivity index (χ0) is 18.8. The summed E-state index contributed by atoms with van der Waals surface area (Å²) in [5, 5.41) is 4.96. The molecule has 2 aromatic heterocycles. The van der Waals surface area contributed by atoms with Crippen LogP contribution in [0.4, 0.5) is 0 Å². The normalized spacial score (nSPS) is 12.3. The Morgan fingerprint density at radius 3 is 2.67 bits per heavy atom. The standard InChI is InChI=1S/C20H14ClN3O2S/c1-26-16-7-3-2-5-13(16)6-4-8-17-19(25)24-20(27-17)22-18(23-24)14-9-11-15(21)12-10-14/h2-12H,1H3. The molecule has 0 bridgehead atoms. The second-order valence-electron chi connectivity index (χ2n) is 5.68. The lowest BCUT2D eigenvalue weighted by molar-refractivity contribution is 0.414. The lowest BCUT2D eigenvalue weighted by atomic mass is 10.2. The van der Waals surface area contributed by atoms with E-state index in [1.165, 1.54) is 15.9 Å². The topological polar surface area (TPSA) is 56.5 Å². The van der Waals surface area contributed by atoms with E-state index in [4.69, 9.17) is 16.3 Å². The largest absolute Gasteiger partial charge is 0.496 e. The van der Waals surface area contributed by atoms with Gasteiger partial charge in [0.15, 0.2) is 5.82 Å². The Balaban J connectivity index is 1.67. The molecular formula is C20H14ClN3O2S. The molecule has 0 unspecified atom stereocenters. The van der Waals surface area contributed by atoms with E-state index in [0.717, 1.165) is 16.9 Å². The molecule has 5 nitrogen and oxygen atoms in total. The van der Waals surface area contributed by atoms with Crippen molar-refractivity contribution in [3.8, 4) is 17.1 Å². The van der Waals surface area contributed by atoms with Crippen molar-refractivity contribution in [2.45, 2.75) is 0 Å². The van der Waals surface area contributed by atoms with Gasteiger partial charge in [-0.2, -0.15) is 9.50 Å². The van der Waals surface area contributed by atoms with Crippen LogP contribution in [0.15, 0.2) is 59.4 Å². The highest BCUT2D eigenvalue weighted by atomic mass is 35.5. The fourth-order valence-electron chi connectivity index (χ4n) is 2.61. The summed E-state index contributed by atoms with van der Waals surface area (Å²) in [6.07, 6.45) is 5.48. The van der Waals surface area contributed by atoms with Crippen LogP contribution in [0.25, 0.3) is 28.5 Å². The van der Waals surface area contributed by atoms with Crippen LogP contribution in [0.3, 0.4) is 0 Å². The van der Waals surface area contributed by atoms with E-state index in [1.54, 1.807) is 25.3 Å². The van der Waals surface area contributed by atoms with Gasteiger partial charge in [-0.15, -0.1) is 5.10 Å². The van der Waals surface area contributed by atoms with E-state index in [0.29, 0.717) is 20.3 Å². The molecule has 0 radical (unpaired) electrons. The maximum atomic E-state index is 12.6. The van der Waals surface area contributed by atoms with Crippen LogP contribution in [0.2, 0.25) is 5.02 Å².